The van der Waals surface area contributed by atoms with Crippen LogP contribution in [0.15, 0.2) is 48.7 Å². The van der Waals surface area contributed by atoms with Gasteiger partial charge in [-0.15, -0.1) is 0 Å². The molecule has 0 saturated carbocycles. The Hall–Kier alpha value is -1.74. The van der Waals surface area contributed by atoms with E-state index in [4.69, 9.17) is 0 Å². The van der Waals surface area contributed by atoms with E-state index >= 15 is 0 Å². The van der Waals surface area contributed by atoms with Gasteiger partial charge < -0.3 is 5.32 Å². The lowest BCUT2D eigenvalue weighted by atomic mass is 10.0. The molecule has 0 aliphatic carbocycles. The van der Waals surface area contributed by atoms with Crippen LogP contribution < -0.4 is 5.32 Å². The number of hydrogen-bond donors (Lipinski definition) is 1. The lowest BCUT2D eigenvalue weighted by Gasteiger charge is -2.18. The molecule has 1 unspecified atom stereocenters. The number of benzene rings is 1. The van der Waals surface area contributed by atoms with Crippen LogP contribution in [0, 0.1) is 5.82 Å². The third-order valence-electron chi connectivity index (χ3n) is 3.03. The van der Waals surface area contributed by atoms with Crippen LogP contribution >= 0.6 is 0 Å². The Morgan fingerprint density at radius 3 is 2.79 bits per heavy atom. The van der Waals surface area contributed by atoms with Crippen LogP contribution in [0.5, 0.6) is 0 Å². The predicted octanol–water partition coefficient (Wildman–Crippen LogP) is 3.50. The normalized spacial score (nSPS) is 12.3. The minimum Gasteiger partial charge on any atom is -0.310 e. The standard InChI is InChI=1S/C16H19FN2/c1-2-9-19-16(12-15-8-3-4-10-18-15)13-6-5-7-14(17)11-13/h3-8,10-11,16,19H,2,9,12H2,1H3. The molecular formula is C16H19FN2. The molecular weight excluding hydrogens is 239 g/mol. The average molecular weight is 258 g/mol. The Balaban J connectivity index is 2.16. The van der Waals surface area contributed by atoms with E-state index in [1.54, 1.807) is 18.3 Å². The van der Waals surface area contributed by atoms with Gasteiger partial charge in [-0.2, -0.15) is 0 Å². The fourth-order valence-corrected chi connectivity index (χ4v) is 2.08. The summed E-state index contributed by atoms with van der Waals surface area (Å²) in [6.07, 6.45) is 3.61. The molecule has 100 valence electrons. The van der Waals surface area contributed by atoms with Crippen LogP contribution in [0.2, 0.25) is 0 Å². The van der Waals surface area contributed by atoms with Crippen molar-refractivity contribution in [2.75, 3.05) is 6.54 Å². The molecule has 2 aromatic rings. The van der Waals surface area contributed by atoms with Gasteiger partial charge in [-0.1, -0.05) is 25.1 Å². The van der Waals surface area contributed by atoms with Gasteiger partial charge in [0.05, 0.1) is 0 Å². The van der Waals surface area contributed by atoms with Crippen LogP contribution in [0.3, 0.4) is 0 Å². The van der Waals surface area contributed by atoms with Gasteiger partial charge in [0, 0.05) is 24.4 Å². The number of aromatic nitrogens is 1. The van der Waals surface area contributed by atoms with Gasteiger partial charge in [-0.25, -0.2) is 4.39 Å². The molecule has 0 aliphatic rings. The molecule has 0 radical (unpaired) electrons. The first-order chi connectivity index (χ1) is 9.29. The molecule has 0 saturated heterocycles. The number of halogens is 1. The van der Waals surface area contributed by atoms with Crippen LogP contribution in [-0.4, -0.2) is 11.5 Å². The van der Waals surface area contributed by atoms with Crippen LogP contribution in [0.25, 0.3) is 0 Å². The lowest BCUT2D eigenvalue weighted by molar-refractivity contribution is 0.519. The number of nitrogens with one attached hydrogen (secondary N) is 1. The zero-order valence-electron chi connectivity index (χ0n) is 11.1. The molecule has 2 rings (SSSR count). The highest BCUT2D eigenvalue weighted by molar-refractivity contribution is 5.22. The van der Waals surface area contributed by atoms with E-state index in [9.17, 15) is 4.39 Å². The average Bonchev–Trinajstić information content (AvgIpc) is 2.44. The quantitative estimate of drug-likeness (QED) is 0.857. The highest BCUT2D eigenvalue weighted by atomic mass is 19.1. The zero-order valence-corrected chi connectivity index (χ0v) is 11.1. The van der Waals surface area contributed by atoms with Crippen molar-refractivity contribution in [1.82, 2.24) is 10.3 Å². The van der Waals surface area contributed by atoms with Crippen molar-refractivity contribution in [3.05, 3.63) is 65.7 Å². The van der Waals surface area contributed by atoms with Gasteiger partial charge in [0.1, 0.15) is 5.82 Å². The summed E-state index contributed by atoms with van der Waals surface area (Å²) in [6, 6.07) is 12.8. The molecule has 0 fully saturated rings. The molecule has 0 aliphatic heterocycles. The minimum atomic E-state index is -0.193. The van der Waals surface area contributed by atoms with E-state index < -0.39 is 0 Å². The van der Waals surface area contributed by atoms with Crippen LogP contribution in [0.4, 0.5) is 4.39 Å². The monoisotopic (exact) mass is 258 g/mol. The first kappa shape index (κ1) is 13.7. The summed E-state index contributed by atoms with van der Waals surface area (Å²) < 4.78 is 13.3. The van der Waals surface area contributed by atoms with E-state index in [1.807, 2.05) is 24.3 Å². The first-order valence-corrected chi connectivity index (χ1v) is 6.68. The van der Waals surface area contributed by atoms with E-state index in [-0.39, 0.29) is 11.9 Å². The number of hydrogen-bond acceptors (Lipinski definition) is 2. The smallest absolute Gasteiger partial charge is 0.123 e. The Morgan fingerprint density at radius 2 is 2.11 bits per heavy atom. The molecule has 1 aromatic heterocycles. The highest BCUT2D eigenvalue weighted by Gasteiger charge is 2.12. The molecule has 0 spiro atoms. The molecule has 1 N–H and O–H groups in total. The fourth-order valence-electron chi connectivity index (χ4n) is 2.08. The predicted molar refractivity (Wildman–Crippen MR) is 75.4 cm³/mol. The largest absolute Gasteiger partial charge is 0.310 e. The van der Waals surface area contributed by atoms with Gasteiger partial charge in [-0.3, -0.25) is 4.98 Å². The Bertz CT molecular complexity index is 499. The summed E-state index contributed by atoms with van der Waals surface area (Å²) in [5, 5.41) is 3.45. The van der Waals surface area contributed by atoms with E-state index in [1.165, 1.54) is 6.07 Å². The molecule has 0 bridgehead atoms. The second-order valence-corrected chi connectivity index (χ2v) is 4.59. The van der Waals surface area contributed by atoms with Crippen LogP contribution in [-0.2, 0) is 6.42 Å². The Morgan fingerprint density at radius 1 is 1.21 bits per heavy atom. The second kappa shape index (κ2) is 7.00. The van der Waals surface area contributed by atoms with Crippen molar-refractivity contribution >= 4 is 0 Å². The van der Waals surface area contributed by atoms with Crippen molar-refractivity contribution in [3.8, 4) is 0 Å². The van der Waals surface area contributed by atoms with Crippen molar-refractivity contribution in [2.45, 2.75) is 25.8 Å². The summed E-state index contributed by atoms with van der Waals surface area (Å²) in [5.74, 6) is -0.193. The van der Waals surface area contributed by atoms with Crippen molar-refractivity contribution in [1.29, 1.82) is 0 Å². The molecule has 19 heavy (non-hydrogen) atoms. The topological polar surface area (TPSA) is 24.9 Å². The summed E-state index contributed by atoms with van der Waals surface area (Å²) in [4.78, 5) is 4.34. The van der Waals surface area contributed by atoms with Crippen molar-refractivity contribution < 1.29 is 4.39 Å². The second-order valence-electron chi connectivity index (χ2n) is 4.59. The maximum absolute atomic E-state index is 13.3. The molecule has 3 heteroatoms. The molecule has 1 heterocycles. The molecule has 2 nitrogen and oxygen atoms in total. The maximum Gasteiger partial charge on any atom is 0.123 e. The van der Waals surface area contributed by atoms with E-state index in [0.717, 1.165) is 30.6 Å². The van der Waals surface area contributed by atoms with Gasteiger partial charge in [0.15, 0.2) is 0 Å². The highest BCUT2D eigenvalue weighted by Crippen LogP contribution is 2.18. The molecule has 0 amide bonds. The Kier molecular flexibility index (Phi) is 5.04. The van der Waals surface area contributed by atoms with Gasteiger partial charge >= 0.3 is 0 Å². The molecule has 1 atom stereocenters. The zero-order chi connectivity index (χ0) is 13.5. The SMILES string of the molecule is CCCNC(Cc1ccccn1)c1cccc(F)c1. The molecule has 1 aromatic carbocycles. The third kappa shape index (κ3) is 4.14. The van der Waals surface area contributed by atoms with Crippen molar-refractivity contribution in [2.24, 2.45) is 0 Å². The van der Waals surface area contributed by atoms with Crippen LogP contribution in [0.1, 0.15) is 30.6 Å². The van der Waals surface area contributed by atoms with E-state index in [2.05, 4.69) is 17.2 Å². The summed E-state index contributed by atoms with van der Waals surface area (Å²) in [6.45, 7) is 3.03. The maximum atomic E-state index is 13.3. The lowest BCUT2D eigenvalue weighted by Crippen LogP contribution is -2.24. The number of nitrogens with zero attached hydrogens (tertiary/aromatic N) is 1. The number of rotatable bonds is 6. The van der Waals surface area contributed by atoms with Gasteiger partial charge in [-0.05, 0) is 42.8 Å². The van der Waals surface area contributed by atoms with Crippen molar-refractivity contribution in [3.63, 3.8) is 0 Å². The first-order valence-electron chi connectivity index (χ1n) is 6.68. The number of pyridine rings is 1. The fraction of sp³-hybridized carbons (Fsp3) is 0.312. The van der Waals surface area contributed by atoms with Gasteiger partial charge in [0.25, 0.3) is 0 Å². The van der Waals surface area contributed by atoms with E-state index in [0.29, 0.717) is 0 Å². The van der Waals surface area contributed by atoms with Gasteiger partial charge in [0.2, 0.25) is 0 Å². The third-order valence-corrected chi connectivity index (χ3v) is 3.03. The summed E-state index contributed by atoms with van der Waals surface area (Å²) in [5.41, 5.74) is 1.99. The summed E-state index contributed by atoms with van der Waals surface area (Å²) in [7, 11) is 0. The summed E-state index contributed by atoms with van der Waals surface area (Å²) >= 11 is 0. The Labute approximate surface area is 113 Å². The minimum absolute atomic E-state index is 0.102.